The lowest BCUT2D eigenvalue weighted by atomic mass is 10.1. The number of hydrogen-bond acceptors (Lipinski definition) is 6. The van der Waals surface area contributed by atoms with Gasteiger partial charge in [0.2, 0.25) is 5.12 Å². The van der Waals surface area contributed by atoms with Gasteiger partial charge in [0.1, 0.15) is 6.61 Å². The summed E-state index contributed by atoms with van der Waals surface area (Å²) in [7, 11) is 3.11. The lowest BCUT2D eigenvalue weighted by Crippen LogP contribution is -2.04. The third-order valence-electron chi connectivity index (χ3n) is 4.79. The Morgan fingerprint density at radius 1 is 0.912 bits per heavy atom. The van der Waals surface area contributed by atoms with Crippen molar-refractivity contribution in [3.63, 3.8) is 0 Å². The Morgan fingerprint density at radius 2 is 1.62 bits per heavy atom. The first-order valence-electron chi connectivity index (χ1n) is 10.1. The van der Waals surface area contributed by atoms with E-state index in [0.29, 0.717) is 27.7 Å². The molecule has 178 valence electrons. The number of oxime groups is 1. The van der Waals surface area contributed by atoms with E-state index in [0.717, 1.165) is 35.0 Å². The molecule has 3 aromatic rings. The van der Waals surface area contributed by atoms with Gasteiger partial charge in [-0.3, -0.25) is 4.79 Å². The Bertz CT molecular complexity index is 1180. The lowest BCUT2D eigenvalue weighted by molar-refractivity contribution is -0.137. The summed E-state index contributed by atoms with van der Waals surface area (Å²) in [4.78, 5) is 18.5. The zero-order valence-electron chi connectivity index (χ0n) is 18.7. The summed E-state index contributed by atoms with van der Waals surface area (Å²) < 4.78 is 48.6. The van der Waals surface area contributed by atoms with Crippen LogP contribution in [0.15, 0.2) is 76.8 Å². The molecule has 0 heterocycles. The van der Waals surface area contributed by atoms with Crippen LogP contribution < -0.4 is 9.47 Å². The van der Waals surface area contributed by atoms with E-state index in [9.17, 15) is 18.0 Å². The van der Waals surface area contributed by atoms with E-state index in [2.05, 4.69) is 5.16 Å². The van der Waals surface area contributed by atoms with Crippen LogP contribution >= 0.6 is 11.8 Å². The standard InChI is InChI=1S/C25H22F3NO4S/c1-16(18-7-12-22(31-2)23(14-18)32-3)29-33-15-17-5-4-6-19(13-17)24(30)34-21-10-8-20(9-11-21)25(26,27)28/h4-14H,15H2,1-3H3. The average molecular weight is 490 g/mol. The molecule has 0 fully saturated rings. The number of carbonyl (C=O) groups is 1. The maximum absolute atomic E-state index is 12.7. The molecule has 0 spiro atoms. The van der Waals surface area contributed by atoms with Crippen LogP contribution in [-0.4, -0.2) is 25.0 Å². The van der Waals surface area contributed by atoms with Crippen molar-refractivity contribution in [3.8, 4) is 11.5 Å². The summed E-state index contributed by atoms with van der Waals surface area (Å²) in [5, 5.41) is 3.84. The third kappa shape index (κ3) is 6.54. The predicted octanol–water partition coefficient (Wildman–Crippen LogP) is 6.60. The monoisotopic (exact) mass is 489 g/mol. The van der Waals surface area contributed by atoms with Gasteiger partial charge in [-0.15, -0.1) is 0 Å². The highest BCUT2D eigenvalue weighted by atomic mass is 32.2. The second-order valence-corrected chi connectivity index (χ2v) is 8.18. The van der Waals surface area contributed by atoms with E-state index in [1.165, 1.54) is 12.1 Å². The van der Waals surface area contributed by atoms with Crippen molar-refractivity contribution in [2.45, 2.75) is 24.6 Å². The maximum atomic E-state index is 12.7. The molecule has 0 atom stereocenters. The van der Waals surface area contributed by atoms with Gasteiger partial charge in [-0.25, -0.2) is 0 Å². The van der Waals surface area contributed by atoms with E-state index < -0.39 is 11.7 Å². The number of halogens is 3. The second kappa shape index (κ2) is 11.1. The Labute approximate surface area is 199 Å². The molecular weight excluding hydrogens is 467 g/mol. The minimum absolute atomic E-state index is 0.136. The van der Waals surface area contributed by atoms with Crippen LogP contribution in [-0.2, 0) is 17.6 Å². The van der Waals surface area contributed by atoms with Gasteiger partial charge in [0.25, 0.3) is 0 Å². The van der Waals surface area contributed by atoms with E-state index in [4.69, 9.17) is 14.3 Å². The molecule has 0 saturated heterocycles. The van der Waals surface area contributed by atoms with Gasteiger partial charge < -0.3 is 14.3 Å². The molecular formula is C25H22F3NO4S. The molecule has 0 radical (unpaired) electrons. The summed E-state index contributed by atoms with van der Waals surface area (Å²) in [5.74, 6) is 1.18. The van der Waals surface area contributed by atoms with Crippen molar-refractivity contribution in [3.05, 3.63) is 89.0 Å². The van der Waals surface area contributed by atoms with E-state index in [1.807, 2.05) is 6.07 Å². The molecule has 0 aromatic heterocycles. The molecule has 3 aromatic carbocycles. The summed E-state index contributed by atoms with van der Waals surface area (Å²) >= 11 is 0.860. The van der Waals surface area contributed by atoms with Gasteiger partial charge in [0, 0.05) is 16.0 Å². The zero-order chi connectivity index (χ0) is 24.7. The molecule has 0 saturated carbocycles. The molecule has 0 N–H and O–H groups in total. The van der Waals surface area contributed by atoms with Crippen molar-refractivity contribution in [2.24, 2.45) is 5.16 Å². The van der Waals surface area contributed by atoms with Gasteiger partial charge in [0.05, 0.1) is 25.5 Å². The molecule has 0 amide bonds. The number of rotatable bonds is 8. The van der Waals surface area contributed by atoms with Crippen LogP contribution in [0.25, 0.3) is 0 Å². The van der Waals surface area contributed by atoms with Crippen LogP contribution in [0.5, 0.6) is 11.5 Å². The van der Waals surface area contributed by atoms with E-state index in [-0.39, 0.29) is 11.7 Å². The van der Waals surface area contributed by atoms with Crippen molar-refractivity contribution >= 4 is 22.6 Å². The van der Waals surface area contributed by atoms with Crippen LogP contribution in [0.2, 0.25) is 0 Å². The second-order valence-electron chi connectivity index (χ2n) is 7.13. The first-order valence-corrected chi connectivity index (χ1v) is 10.9. The average Bonchev–Trinajstić information content (AvgIpc) is 2.83. The molecule has 0 aliphatic rings. The van der Waals surface area contributed by atoms with Crippen molar-refractivity contribution in [1.82, 2.24) is 0 Å². The van der Waals surface area contributed by atoms with Crippen molar-refractivity contribution in [2.75, 3.05) is 14.2 Å². The molecule has 0 bridgehead atoms. The molecule has 9 heteroatoms. The van der Waals surface area contributed by atoms with Gasteiger partial charge in [0.15, 0.2) is 11.5 Å². The Balaban J connectivity index is 1.62. The van der Waals surface area contributed by atoms with Gasteiger partial charge in [-0.2, -0.15) is 13.2 Å². The molecule has 0 unspecified atom stereocenters. The zero-order valence-corrected chi connectivity index (χ0v) is 19.5. The number of benzene rings is 3. The number of alkyl halides is 3. The number of nitrogens with zero attached hydrogens (tertiary/aromatic N) is 1. The minimum atomic E-state index is -4.41. The summed E-state index contributed by atoms with van der Waals surface area (Å²) in [6.45, 7) is 1.93. The minimum Gasteiger partial charge on any atom is -0.493 e. The third-order valence-corrected chi connectivity index (χ3v) is 5.72. The molecule has 3 rings (SSSR count). The normalized spacial score (nSPS) is 11.8. The van der Waals surface area contributed by atoms with Gasteiger partial charge in [-0.05, 0) is 72.8 Å². The van der Waals surface area contributed by atoms with Crippen molar-refractivity contribution < 1.29 is 32.3 Å². The largest absolute Gasteiger partial charge is 0.493 e. The molecule has 0 aliphatic carbocycles. The fourth-order valence-corrected chi connectivity index (χ4v) is 3.71. The van der Waals surface area contributed by atoms with Crippen LogP contribution in [0.4, 0.5) is 13.2 Å². The first kappa shape index (κ1) is 25.2. The Kier molecular flexibility index (Phi) is 8.22. The van der Waals surface area contributed by atoms with Crippen LogP contribution in [0.1, 0.15) is 34.0 Å². The molecule has 34 heavy (non-hydrogen) atoms. The predicted molar refractivity (Wildman–Crippen MR) is 125 cm³/mol. The number of hydrogen-bond donors (Lipinski definition) is 0. The number of carbonyl (C=O) groups excluding carboxylic acids is 1. The summed E-state index contributed by atoms with van der Waals surface area (Å²) in [5.41, 5.74) is 1.81. The van der Waals surface area contributed by atoms with Crippen molar-refractivity contribution in [1.29, 1.82) is 0 Å². The number of methoxy groups -OCH3 is 2. The van der Waals surface area contributed by atoms with E-state index in [1.54, 1.807) is 57.5 Å². The fraction of sp³-hybridized carbons (Fsp3) is 0.200. The van der Waals surface area contributed by atoms with Crippen LogP contribution in [0, 0.1) is 0 Å². The smallest absolute Gasteiger partial charge is 0.416 e. The fourth-order valence-electron chi connectivity index (χ4n) is 2.98. The highest BCUT2D eigenvalue weighted by molar-refractivity contribution is 8.14. The van der Waals surface area contributed by atoms with Gasteiger partial charge >= 0.3 is 6.18 Å². The highest BCUT2D eigenvalue weighted by Gasteiger charge is 2.30. The number of thioether (sulfide) groups is 1. The maximum Gasteiger partial charge on any atom is 0.416 e. The summed E-state index contributed by atoms with van der Waals surface area (Å²) in [6.07, 6.45) is -4.41. The molecule has 5 nitrogen and oxygen atoms in total. The van der Waals surface area contributed by atoms with Crippen LogP contribution in [0.3, 0.4) is 0 Å². The quantitative estimate of drug-likeness (QED) is 0.203. The lowest BCUT2D eigenvalue weighted by Gasteiger charge is -2.09. The Hall–Kier alpha value is -3.46. The SMILES string of the molecule is COc1ccc(C(C)=NOCc2cccc(C(=O)Sc3ccc(C(F)(F)F)cc3)c2)cc1OC. The van der Waals surface area contributed by atoms with E-state index >= 15 is 0 Å². The summed E-state index contributed by atoms with van der Waals surface area (Å²) in [6, 6.07) is 16.7. The Morgan fingerprint density at radius 3 is 2.26 bits per heavy atom. The first-order chi connectivity index (χ1) is 16.2. The highest BCUT2D eigenvalue weighted by Crippen LogP contribution is 2.32. The topological polar surface area (TPSA) is 57.1 Å². The number of ether oxygens (including phenoxy) is 2. The van der Waals surface area contributed by atoms with Gasteiger partial charge in [-0.1, -0.05) is 23.4 Å². The molecule has 0 aliphatic heterocycles.